The minimum absolute atomic E-state index is 0.0623. The Hall–Kier alpha value is -2.00. The van der Waals surface area contributed by atoms with E-state index in [4.69, 9.17) is 12.2 Å². The van der Waals surface area contributed by atoms with E-state index < -0.39 is 11.9 Å². The molecule has 0 aliphatic carbocycles. The Kier molecular flexibility index (Phi) is 9.26. The zero-order valence-corrected chi connectivity index (χ0v) is 10.3. The first-order valence-corrected chi connectivity index (χ1v) is 4.76. The number of pyridine rings is 1. The van der Waals surface area contributed by atoms with Crippen molar-refractivity contribution in [3.63, 3.8) is 0 Å². The molecule has 0 aromatic carbocycles. The van der Waals surface area contributed by atoms with E-state index in [9.17, 15) is 13.2 Å². The van der Waals surface area contributed by atoms with Crippen LogP contribution in [0.3, 0.4) is 0 Å². The Labute approximate surface area is 105 Å². The molecule has 1 aromatic rings. The SMILES string of the molecule is C#CC(=C)C.CN.Nc1ccnc(C(F)(F)F)c1. The van der Waals surface area contributed by atoms with Crippen LogP contribution in [0.25, 0.3) is 0 Å². The number of hydrogen-bond donors (Lipinski definition) is 2. The quantitative estimate of drug-likeness (QED) is 0.703. The second kappa shape index (κ2) is 9.07. The highest BCUT2D eigenvalue weighted by Crippen LogP contribution is 2.27. The van der Waals surface area contributed by atoms with E-state index in [1.54, 1.807) is 6.92 Å². The average molecular weight is 259 g/mol. The number of nitrogens with two attached hydrogens (primary N) is 2. The van der Waals surface area contributed by atoms with Crippen LogP contribution in [0.5, 0.6) is 0 Å². The molecular formula is C12H16F3N3. The van der Waals surface area contributed by atoms with Gasteiger partial charge in [0.05, 0.1) is 0 Å². The van der Waals surface area contributed by atoms with Gasteiger partial charge in [0.1, 0.15) is 5.69 Å². The van der Waals surface area contributed by atoms with Crippen LogP contribution in [-0.2, 0) is 6.18 Å². The maximum atomic E-state index is 11.8. The molecule has 0 aliphatic rings. The molecule has 1 rings (SSSR count). The molecule has 0 amide bonds. The number of rotatable bonds is 0. The first kappa shape index (κ1) is 18.4. The number of allylic oxidation sites excluding steroid dienone is 1. The summed E-state index contributed by atoms with van der Waals surface area (Å²) >= 11 is 0. The molecule has 0 aliphatic heterocycles. The summed E-state index contributed by atoms with van der Waals surface area (Å²) in [4.78, 5) is 3.11. The second-order valence-electron chi connectivity index (χ2n) is 2.90. The van der Waals surface area contributed by atoms with E-state index in [-0.39, 0.29) is 5.69 Å². The van der Waals surface area contributed by atoms with Gasteiger partial charge in [-0.25, -0.2) is 0 Å². The summed E-state index contributed by atoms with van der Waals surface area (Å²) in [5.41, 5.74) is 9.50. The first-order valence-electron chi connectivity index (χ1n) is 4.76. The lowest BCUT2D eigenvalue weighted by Gasteiger charge is -2.04. The highest BCUT2D eigenvalue weighted by Gasteiger charge is 2.32. The molecule has 100 valence electrons. The van der Waals surface area contributed by atoms with Gasteiger partial charge in [-0.3, -0.25) is 4.98 Å². The molecule has 3 nitrogen and oxygen atoms in total. The number of aromatic nitrogens is 1. The number of nitrogens with zero attached hydrogens (tertiary/aromatic N) is 1. The van der Waals surface area contributed by atoms with Crippen molar-refractivity contribution in [3.8, 4) is 12.3 Å². The molecule has 1 aromatic heterocycles. The van der Waals surface area contributed by atoms with Crippen LogP contribution in [0.15, 0.2) is 30.5 Å². The molecule has 0 fully saturated rings. The molecule has 0 atom stereocenters. The number of hydrogen-bond acceptors (Lipinski definition) is 3. The molecular weight excluding hydrogens is 243 g/mol. The van der Waals surface area contributed by atoms with Crippen LogP contribution < -0.4 is 11.5 Å². The summed E-state index contributed by atoms with van der Waals surface area (Å²) in [5, 5.41) is 0. The van der Waals surface area contributed by atoms with E-state index in [1.807, 2.05) is 0 Å². The molecule has 0 bridgehead atoms. The predicted molar refractivity (Wildman–Crippen MR) is 67.4 cm³/mol. The lowest BCUT2D eigenvalue weighted by atomic mass is 10.3. The number of nitrogen functional groups attached to an aromatic ring is 1. The van der Waals surface area contributed by atoms with Crippen molar-refractivity contribution in [1.29, 1.82) is 0 Å². The number of anilines is 1. The van der Waals surface area contributed by atoms with Gasteiger partial charge in [-0.15, -0.1) is 6.42 Å². The zero-order chi connectivity index (χ0) is 14.8. The van der Waals surface area contributed by atoms with Crippen LogP contribution in [0.2, 0.25) is 0 Å². The number of terminal acetylenes is 1. The fraction of sp³-hybridized carbons (Fsp3) is 0.250. The number of halogens is 3. The van der Waals surface area contributed by atoms with Gasteiger partial charge in [-0.2, -0.15) is 13.2 Å². The van der Waals surface area contributed by atoms with Gasteiger partial charge in [-0.1, -0.05) is 12.5 Å². The van der Waals surface area contributed by atoms with Crippen LogP contribution in [0.1, 0.15) is 12.6 Å². The van der Waals surface area contributed by atoms with Crippen LogP contribution in [-0.4, -0.2) is 12.0 Å². The van der Waals surface area contributed by atoms with E-state index in [0.717, 1.165) is 17.8 Å². The normalized spacial score (nSPS) is 8.94. The Morgan fingerprint density at radius 2 is 1.89 bits per heavy atom. The van der Waals surface area contributed by atoms with Crippen molar-refractivity contribution in [2.45, 2.75) is 13.1 Å². The third-order valence-electron chi connectivity index (χ3n) is 1.32. The fourth-order valence-electron chi connectivity index (χ4n) is 0.602. The fourth-order valence-corrected chi connectivity index (χ4v) is 0.602. The van der Waals surface area contributed by atoms with Gasteiger partial charge in [0.15, 0.2) is 0 Å². The van der Waals surface area contributed by atoms with E-state index in [1.165, 1.54) is 13.1 Å². The molecule has 6 heteroatoms. The van der Waals surface area contributed by atoms with Gasteiger partial charge < -0.3 is 11.5 Å². The highest BCUT2D eigenvalue weighted by atomic mass is 19.4. The van der Waals surface area contributed by atoms with E-state index in [2.05, 4.69) is 23.2 Å². The van der Waals surface area contributed by atoms with Crippen molar-refractivity contribution in [2.75, 3.05) is 12.8 Å². The maximum absolute atomic E-state index is 11.8. The van der Waals surface area contributed by atoms with E-state index in [0.29, 0.717) is 0 Å². The monoisotopic (exact) mass is 259 g/mol. The van der Waals surface area contributed by atoms with Gasteiger partial charge in [0, 0.05) is 11.9 Å². The molecule has 0 unspecified atom stereocenters. The molecule has 0 spiro atoms. The minimum atomic E-state index is -4.41. The average Bonchev–Trinajstić information content (AvgIpc) is 2.31. The maximum Gasteiger partial charge on any atom is 0.433 e. The standard InChI is InChI=1S/C6H5F3N2.C5H6.CH5N/c7-6(8,9)5-3-4(10)1-2-11-5;1-4-5(2)3;1-2/h1-3H,(H2,10,11);1H,2H2,3H3;2H2,1H3. The summed E-state index contributed by atoms with van der Waals surface area (Å²) in [7, 11) is 1.50. The van der Waals surface area contributed by atoms with Gasteiger partial charge in [0.2, 0.25) is 0 Å². The van der Waals surface area contributed by atoms with Gasteiger partial charge in [-0.05, 0) is 31.7 Å². The molecule has 1 heterocycles. The highest BCUT2D eigenvalue weighted by molar-refractivity contribution is 5.37. The lowest BCUT2D eigenvalue weighted by molar-refractivity contribution is -0.141. The summed E-state index contributed by atoms with van der Waals surface area (Å²) in [6, 6.07) is 2.09. The summed E-state index contributed by atoms with van der Waals surface area (Å²) in [5.74, 6) is 2.33. The Bertz CT molecular complexity index is 406. The molecule has 0 saturated carbocycles. The third kappa shape index (κ3) is 9.24. The summed E-state index contributed by atoms with van der Waals surface area (Å²) < 4.78 is 35.5. The smallest absolute Gasteiger partial charge is 0.399 e. The summed E-state index contributed by atoms with van der Waals surface area (Å²) in [6.07, 6.45) is 1.44. The number of alkyl halides is 3. The second-order valence-corrected chi connectivity index (χ2v) is 2.90. The lowest BCUT2D eigenvalue weighted by Crippen LogP contribution is -2.07. The molecule has 0 saturated heterocycles. The molecule has 0 radical (unpaired) electrons. The molecule has 4 N–H and O–H groups in total. The van der Waals surface area contributed by atoms with Crippen molar-refractivity contribution < 1.29 is 13.2 Å². The van der Waals surface area contributed by atoms with Crippen LogP contribution in [0, 0.1) is 12.3 Å². The Morgan fingerprint density at radius 1 is 1.44 bits per heavy atom. The van der Waals surface area contributed by atoms with Crippen molar-refractivity contribution >= 4 is 5.69 Å². The largest absolute Gasteiger partial charge is 0.433 e. The van der Waals surface area contributed by atoms with Gasteiger partial charge >= 0.3 is 6.18 Å². The van der Waals surface area contributed by atoms with Crippen LogP contribution in [0.4, 0.5) is 18.9 Å². The summed E-state index contributed by atoms with van der Waals surface area (Å²) in [6.45, 7) is 5.23. The molecule has 18 heavy (non-hydrogen) atoms. The van der Waals surface area contributed by atoms with Gasteiger partial charge in [0.25, 0.3) is 0 Å². The minimum Gasteiger partial charge on any atom is -0.399 e. The van der Waals surface area contributed by atoms with Crippen LogP contribution >= 0.6 is 0 Å². The zero-order valence-electron chi connectivity index (χ0n) is 10.3. The Morgan fingerprint density at radius 3 is 2.11 bits per heavy atom. The van der Waals surface area contributed by atoms with Crippen molar-refractivity contribution in [3.05, 3.63) is 36.2 Å². The third-order valence-corrected chi connectivity index (χ3v) is 1.32. The predicted octanol–water partition coefficient (Wildman–Crippen LogP) is 2.45. The Balaban J connectivity index is 0. The first-order chi connectivity index (χ1) is 8.27. The van der Waals surface area contributed by atoms with Crippen molar-refractivity contribution in [2.24, 2.45) is 5.73 Å². The van der Waals surface area contributed by atoms with E-state index >= 15 is 0 Å². The van der Waals surface area contributed by atoms with Crippen molar-refractivity contribution in [1.82, 2.24) is 4.98 Å². The topological polar surface area (TPSA) is 64.9 Å².